The summed E-state index contributed by atoms with van der Waals surface area (Å²) in [4.78, 5) is 0.0974. The first-order valence-electron chi connectivity index (χ1n) is 5.92. The lowest BCUT2D eigenvalue weighted by Crippen LogP contribution is -2.34. The van der Waals surface area contributed by atoms with Crippen molar-refractivity contribution in [3.05, 3.63) is 23.2 Å². The fourth-order valence-corrected chi connectivity index (χ4v) is 3.54. The lowest BCUT2D eigenvalue weighted by Gasteiger charge is -2.20. The standard InChI is InChI=1S/C12H18ClNO4S/c1-3-6-14(7-8-15)19(16,17)10-4-5-12(18-2)11(13)9-10/h4-5,9,15H,3,6-8H2,1-2H3. The first-order chi connectivity index (χ1) is 8.97. The van der Waals surface area contributed by atoms with Crippen molar-refractivity contribution >= 4 is 21.6 Å². The fourth-order valence-electron chi connectivity index (χ4n) is 1.67. The number of methoxy groups -OCH3 is 1. The van der Waals surface area contributed by atoms with Gasteiger partial charge >= 0.3 is 0 Å². The second-order valence-electron chi connectivity index (χ2n) is 3.92. The van der Waals surface area contributed by atoms with E-state index in [1.54, 1.807) is 0 Å². The Balaban J connectivity index is 3.14. The molecular formula is C12H18ClNO4S. The van der Waals surface area contributed by atoms with E-state index in [0.29, 0.717) is 18.7 Å². The van der Waals surface area contributed by atoms with Gasteiger partial charge in [0.25, 0.3) is 0 Å². The number of rotatable bonds is 7. The number of ether oxygens (including phenoxy) is 1. The van der Waals surface area contributed by atoms with Gasteiger partial charge in [-0.15, -0.1) is 0 Å². The van der Waals surface area contributed by atoms with E-state index >= 15 is 0 Å². The smallest absolute Gasteiger partial charge is 0.243 e. The van der Waals surface area contributed by atoms with Gasteiger partial charge in [0.1, 0.15) is 5.75 Å². The van der Waals surface area contributed by atoms with Crippen LogP contribution in [0.3, 0.4) is 0 Å². The summed E-state index contributed by atoms with van der Waals surface area (Å²) >= 11 is 5.94. The summed E-state index contributed by atoms with van der Waals surface area (Å²) in [5.74, 6) is 0.421. The SMILES string of the molecule is CCCN(CCO)S(=O)(=O)c1ccc(OC)c(Cl)c1. The number of sulfonamides is 1. The van der Waals surface area contributed by atoms with Gasteiger partial charge in [0.15, 0.2) is 0 Å². The molecule has 0 aliphatic rings. The molecule has 1 aromatic carbocycles. The van der Waals surface area contributed by atoms with E-state index in [0.717, 1.165) is 0 Å². The highest BCUT2D eigenvalue weighted by Gasteiger charge is 2.24. The van der Waals surface area contributed by atoms with Crippen molar-refractivity contribution in [1.29, 1.82) is 0 Å². The molecule has 0 fully saturated rings. The minimum Gasteiger partial charge on any atom is -0.495 e. The van der Waals surface area contributed by atoms with Crippen LogP contribution in [0.2, 0.25) is 5.02 Å². The van der Waals surface area contributed by atoms with E-state index in [-0.39, 0.29) is 23.1 Å². The summed E-state index contributed by atoms with van der Waals surface area (Å²) in [5, 5.41) is 9.20. The topological polar surface area (TPSA) is 66.8 Å². The Kier molecular flexibility index (Phi) is 6.06. The van der Waals surface area contributed by atoms with Crippen molar-refractivity contribution in [1.82, 2.24) is 4.31 Å². The molecule has 0 radical (unpaired) electrons. The van der Waals surface area contributed by atoms with Crippen LogP contribution in [0.15, 0.2) is 23.1 Å². The zero-order valence-electron chi connectivity index (χ0n) is 11.0. The van der Waals surface area contributed by atoms with Crippen LogP contribution in [0.1, 0.15) is 13.3 Å². The summed E-state index contributed by atoms with van der Waals surface area (Å²) in [6.07, 6.45) is 0.670. The second-order valence-corrected chi connectivity index (χ2v) is 6.27. The minimum atomic E-state index is -3.64. The molecule has 1 aromatic rings. The number of halogens is 1. The van der Waals surface area contributed by atoms with Crippen molar-refractivity contribution in [2.75, 3.05) is 26.8 Å². The molecule has 0 aliphatic carbocycles. The first-order valence-corrected chi connectivity index (χ1v) is 7.73. The summed E-state index contributed by atoms with van der Waals surface area (Å²) in [7, 11) is -2.18. The minimum absolute atomic E-state index is 0.0693. The molecule has 0 heterocycles. The molecule has 108 valence electrons. The fraction of sp³-hybridized carbons (Fsp3) is 0.500. The van der Waals surface area contributed by atoms with Crippen LogP contribution in [0.4, 0.5) is 0 Å². The molecule has 5 nitrogen and oxygen atoms in total. The van der Waals surface area contributed by atoms with Gasteiger partial charge in [-0.2, -0.15) is 4.31 Å². The summed E-state index contributed by atoms with van der Waals surface area (Å²) in [6.45, 7) is 2.08. The van der Waals surface area contributed by atoms with Crippen LogP contribution in [-0.2, 0) is 10.0 Å². The average Bonchev–Trinajstić information content (AvgIpc) is 2.38. The molecule has 1 rings (SSSR count). The zero-order chi connectivity index (χ0) is 14.5. The number of hydrogen-bond acceptors (Lipinski definition) is 4. The van der Waals surface area contributed by atoms with Crippen molar-refractivity contribution in [3.63, 3.8) is 0 Å². The van der Waals surface area contributed by atoms with Crippen LogP contribution in [0, 0.1) is 0 Å². The number of benzene rings is 1. The predicted octanol–water partition coefficient (Wildman–Crippen LogP) is 1.74. The molecule has 0 atom stereocenters. The second kappa shape index (κ2) is 7.09. The predicted molar refractivity (Wildman–Crippen MR) is 74.1 cm³/mol. The van der Waals surface area contributed by atoms with Crippen molar-refractivity contribution in [2.45, 2.75) is 18.2 Å². The normalized spacial score (nSPS) is 11.8. The molecule has 0 aliphatic heterocycles. The first kappa shape index (κ1) is 16.2. The summed E-state index contributed by atoms with van der Waals surface area (Å²) in [5.41, 5.74) is 0. The average molecular weight is 308 g/mol. The molecule has 19 heavy (non-hydrogen) atoms. The Morgan fingerprint density at radius 2 is 2.05 bits per heavy atom. The van der Waals surface area contributed by atoms with E-state index in [1.165, 1.54) is 29.6 Å². The van der Waals surface area contributed by atoms with Gasteiger partial charge in [0.05, 0.1) is 23.6 Å². The lowest BCUT2D eigenvalue weighted by molar-refractivity contribution is 0.253. The Labute approximate surface area is 118 Å². The molecule has 0 unspecified atom stereocenters. The quantitative estimate of drug-likeness (QED) is 0.833. The van der Waals surface area contributed by atoms with Gasteiger partial charge in [-0.1, -0.05) is 18.5 Å². The third-order valence-electron chi connectivity index (χ3n) is 2.58. The Morgan fingerprint density at radius 3 is 2.53 bits per heavy atom. The molecule has 0 amide bonds. The molecule has 0 saturated carbocycles. The van der Waals surface area contributed by atoms with E-state index in [2.05, 4.69) is 0 Å². The zero-order valence-corrected chi connectivity index (χ0v) is 12.5. The largest absolute Gasteiger partial charge is 0.495 e. The van der Waals surface area contributed by atoms with Gasteiger partial charge in [0, 0.05) is 13.1 Å². The molecule has 0 bridgehead atoms. The maximum Gasteiger partial charge on any atom is 0.243 e. The van der Waals surface area contributed by atoms with Gasteiger partial charge in [0.2, 0.25) is 10.0 Å². The van der Waals surface area contributed by atoms with E-state index in [9.17, 15) is 8.42 Å². The van der Waals surface area contributed by atoms with E-state index < -0.39 is 10.0 Å². The maximum atomic E-state index is 12.4. The molecule has 1 N–H and O–H groups in total. The number of nitrogens with zero attached hydrogens (tertiary/aromatic N) is 1. The van der Waals surface area contributed by atoms with Crippen LogP contribution < -0.4 is 4.74 Å². The maximum absolute atomic E-state index is 12.4. The molecule has 0 saturated heterocycles. The Morgan fingerprint density at radius 1 is 1.37 bits per heavy atom. The highest BCUT2D eigenvalue weighted by atomic mass is 35.5. The van der Waals surface area contributed by atoms with Gasteiger partial charge in [-0.05, 0) is 24.6 Å². The molecule has 0 aromatic heterocycles. The molecular weight excluding hydrogens is 290 g/mol. The number of aliphatic hydroxyl groups is 1. The molecule has 7 heteroatoms. The highest BCUT2D eigenvalue weighted by Crippen LogP contribution is 2.28. The molecule has 0 spiro atoms. The van der Waals surface area contributed by atoms with Crippen molar-refractivity contribution < 1.29 is 18.3 Å². The third-order valence-corrected chi connectivity index (χ3v) is 4.77. The Hall–Kier alpha value is -0.820. The van der Waals surface area contributed by atoms with Crippen molar-refractivity contribution in [2.24, 2.45) is 0 Å². The number of hydrogen-bond donors (Lipinski definition) is 1. The monoisotopic (exact) mass is 307 g/mol. The number of aliphatic hydroxyl groups excluding tert-OH is 1. The van der Waals surface area contributed by atoms with Crippen LogP contribution in [-0.4, -0.2) is 44.6 Å². The van der Waals surface area contributed by atoms with Crippen LogP contribution in [0.5, 0.6) is 5.75 Å². The van der Waals surface area contributed by atoms with Crippen LogP contribution in [0.25, 0.3) is 0 Å². The van der Waals surface area contributed by atoms with Gasteiger partial charge in [-0.3, -0.25) is 0 Å². The summed E-state index contributed by atoms with van der Waals surface area (Å²) < 4.78 is 31.0. The third kappa shape index (κ3) is 3.82. The Bertz CT molecular complexity index is 512. The van der Waals surface area contributed by atoms with E-state index in [4.69, 9.17) is 21.4 Å². The van der Waals surface area contributed by atoms with E-state index in [1.807, 2.05) is 6.92 Å². The van der Waals surface area contributed by atoms with Gasteiger partial charge in [-0.25, -0.2) is 8.42 Å². The lowest BCUT2D eigenvalue weighted by atomic mass is 10.3. The highest BCUT2D eigenvalue weighted by molar-refractivity contribution is 7.89. The van der Waals surface area contributed by atoms with Crippen LogP contribution >= 0.6 is 11.6 Å². The van der Waals surface area contributed by atoms with Crippen molar-refractivity contribution in [3.8, 4) is 5.75 Å². The summed E-state index contributed by atoms with van der Waals surface area (Å²) in [6, 6.07) is 4.31. The van der Waals surface area contributed by atoms with Gasteiger partial charge < -0.3 is 9.84 Å².